The molecule has 0 spiro atoms. The van der Waals surface area contributed by atoms with Crippen LogP contribution in [0.4, 0.5) is 5.69 Å². The molecule has 0 aliphatic rings. The third kappa shape index (κ3) is 4.33. The number of anilines is 1. The molecule has 21 heavy (non-hydrogen) atoms. The first kappa shape index (κ1) is 15.6. The molecule has 0 saturated heterocycles. The molecule has 2 N–H and O–H groups in total. The average Bonchev–Trinajstić information content (AvgIpc) is 2.49. The van der Waals surface area contributed by atoms with Gasteiger partial charge in [0, 0.05) is 28.8 Å². The van der Waals surface area contributed by atoms with Crippen LogP contribution in [0.3, 0.4) is 0 Å². The highest BCUT2D eigenvalue weighted by molar-refractivity contribution is 9.10. The number of aryl methyl sites for hydroxylation is 1. The Balaban J connectivity index is 1.97. The first-order valence-electron chi connectivity index (χ1n) is 6.97. The number of carbonyl (C=O) groups is 1. The standard InChI is InChI=1S/C17H19BrN2O/c1-3-19-17(21)14-6-8-15(9-7-14)20-11-13-5-4-12(2)16(18)10-13/h4-10,20H,3,11H2,1-2H3,(H,19,21). The highest BCUT2D eigenvalue weighted by Gasteiger charge is 2.03. The summed E-state index contributed by atoms with van der Waals surface area (Å²) in [5.74, 6) is -0.0356. The van der Waals surface area contributed by atoms with Gasteiger partial charge in [-0.3, -0.25) is 4.79 Å². The Morgan fingerprint density at radius 2 is 1.86 bits per heavy atom. The predicted molar refractivity (Wildman–Crippen MR) is 90.7 cm³/mol. The lowest BCUT2D eigenvalue weighted by Gasteiger charge is -2.09. The average molecular weight is 347 g/mol. The van der Waals surface area contributed by atoms with E-state index in [0.717, 1.165) is 16.7 Å². The number of benzene rings is 2. The maximum absolute atomic E-state index is 11.7. The van der Waals surface area contributed by atoms with Crippen LogP contribution in [-0.2, 0) is 6.54 Å². The first-order valence-corrected chi connectivity index (χ1v) is 7.76. The molecule has 0 heterocycles. The zero-order chi connectivity index (χ0) is 15.2. The van der Waals surface area contributed by atoms with Gasteiger partial charge in [0.05, 0.1) is 0 Å². The van der Waals surface area contributed by atoms with Crippen LogP contribution in [0, 0.1) is 6.92 Å². The van der Waals surface area contributed by atoms with Crippen LogP contribution in [0.1, 0.15) is 28.4 Å². The van der Waals surface area contributed by atoms with Crippen LogP contribution >= 0.6 is 15.9 Å². The Morgan fingerprint density at radius 3 is 2.48 bits per heavy atom. The van der Waals surface area contributed by atoms with Crippen molar-refractivity contribution < 1.29 is 4.79 Å². The molecule has 0 unspecified atom stereocenters. The van der Waals surface area contributed by atoms with Crippen molar-refractivity contribution in [3.8, 4) is 0 Å². The number of carbonyl (C=O) groups excluding carboxylic acids is 1. The molecule has 0 atom stereocenters. The van der Waals surface area contributed by atoms with Gasteiger partial charge in [-0.2, -0.15) is 0 Å². The fourth-order valence-electron chi connectivity index (χ4n) is 1.95. The second kappa shape index (κ2) is 7.27. The molecule has 0 radical (unpaired) electrons. The Bertz CT molecular complexity index is 623. The fourth-order valence-corrected chi connectivity index (χ4v) is 2.38. The van der Waals surface area contributed by atoms with E-state index in [2.05, 4.69) is 51.7 Å². The van der Waals surface area contributed by atoms with E-state index in [1.165, 1.54) is 11.1 Å². The molecule has 3 nitrogen and oxygen atoms in total. The van der Waals surface area contributed by atoms with Gasteiger partial charge in [0.1, 0.15) is 0 Å². The minimum absolute atomic E-state index is 0.0356. The van der Waals surface area contributed by atoms with Gasteiger partial charge in [0.2, 0.25) is 0 Å². The largest absolute Gasteiger partial charge is 0.381 e. The summed E-state index contributed by atoms with van der Waals surface area (Å²) in [5.41, 5.74) is 4.12. The van der Waals surface area contributed by atoms with E-state index >= 15 is 0 Å². The molecule has 0 aromatic heterocycles. The van der Waals surface area contributed by atoms with Gasteiger partial charge >= 0.3 is 0 Å². The summed E-state index contributed by atoms with van der Waals surface area (Å²) in [7, 11) is 0. The van der Waals surface area contributed by atoms with E-state index in [9.17, 15) is 4.79 Å². The fraction of sp³-hybridized carbons (Fsp3) is 0.235. The first-order chi connectivity index (χ1) is 10.1. The van der Waals surface area contributed by atoms with Crippen molar-refractivity contribution in [2.75, 3.05) is 11.9 Å². The number of halogens is 1. The van der Waals surface area contributed by atoms with Crippen molar-refractivity contribution in [3.05, 3.63) is 63.6 Å². The molecule has 0 fully saturated rings. The highest BCUT2D eigenvalue weighted by Crippen LogP contribution is 2.18. The smallest absolute Gasteiger partial charge is 0.251 e. The van der Waals surface area contributed by atoms with Crippen LogP contribution in [0.15, 0.2) is 46.9 Å². The van der Waals surface area contributed by atoms with Crippen molar-refractivity contribution in [2.24, 2.45) is 0 Å². The highest BCUT2D eigenvalue weighted by atomic mass is 79.9. The van der Waals surface area contributed by atoms with Crippen molar-refractivity contribution >= 4 is 27.5 Å². The molecular weight excluding hydrogens is 328 g/mol. The van der Waals surface area contributed by atoms with E-state index in [4.69, 9.17) is 0 Å². The molecular formula is C17H19BrN2O. The molecule has 2 aromatic carbocycles. The SMILES string of the molecule is CCNC(=O)c1ccc(NCc2ccc(C)c(Br)c2)cc1. The van der Waals surface area contributed by atoms with E-state index in [-0.39, 0.29) is 5.91 Å². The van der Waals surface area contributed by atoms with Crippen molar-refractivity contribution in [2.45, 2.75) is 20.4 Å². The predicted octanol–water partition coefficient (Wildman–Crippen LogP) is 4.12. The van der Waals surface area contributed by atoms with Crippen molar-refractivity contribution in [1.29, 1.82) is 0 Å². The van der Waals surface area contributed by atoms with Gasteiger partial charge in [0.15, 0.2) is 0 Å². The van der Waals surface area contributed by atoms with Crippen molar-refractivity contribution in [1.82, 2.24) is 5.32 Å². The van der Waals surface area contributed by atoms with Gasteiger partial charge in [-0.1, -0.05) is 28.1 Å². The molecule has 110 valence electrons. The van der Waals surface area contributed by atoms with Gasteiger partial charge in [-0.25, -0.2) is 0 Å². The lowest BCUT2D eigenvalue weighted by atomic mass is 10.1. The molecule has 2 aromatic rings. The molecule has 4 heteroatoms. The lowest BCUT2D eigenvalue weighted by Crippen LogP contribution is -2.22. The van der Waals surface area contributed by atoms with E-state index in [1.54, 1.807) is 0 Å². The lowest BCUT2D eigenvalue weighted by molar-refractivity contribution is 0.0956. The summed E-state index contributed by atoms with van der Waals surface area (Å²) < 4.78 is 1.12. The molecule has 0 aliphatic carbocycles. The minimum atomic E-state index is -0.0356. The molecule has 1 amide bonds. The zero-order valence-corrected chi connectivity index (χ0v) is 13.8. The maximum Gasteiger partial charge on any atom is 0.251 e. The zero-order valence-electron chi connectivity index (χ0n) is 12.2. The summed E-state index contributed by atoms with van der Waals surface area (Å²) >= 11 is 3.54. The van der Waals surface area contributed by atoms with E-state index in [1.807, 2.05) is 31.2 Å². The summed E-state index contributed by atoms with van der Waals surface area (Å²) in [4.78, 5) is 11.7. The van der Waals surface area contributed by atoms with Crippen LogP contribution in [-0.4, -0.2) is 12.5 Å². The number of hydrogen-bond acceptors (Lipinski definition) is 2. The molecule has 0 aliphatic heterocycles. The van der Waals surface area contributed by atoms with E-state index < -0.39 is 0 Å². The Hall–Kier alpha value is -1.81. The molecule has 2 rings (SSSR count). The third-order valence-electron chi connectivity index (χ3n) is 3.22. The van der Waals surface area contributed by atoms with Gasteiger partial charge < -0.3 is 10.6 Å². The van der Waals surface area contributed by atoms with Gasteiger partial charge in [0.25, 0.3) is 5.91 Å². The monoisotopic (exact) mass is 346 g/mol. The summed E-state index contributed by atoms with van der Waals surface area (Å²) in [6, 6.07) is 13.8. The van der Waals surface area contributed by atoms with Crippen LogP contribution in [0.25, 0.3) is 0 Å². The number of amides is 1. The number of nitrogens with one attached hydrogen (secondary N) is 2. The van der Waals surface area contributed by atoms with Crippen LogP contribution < -0.4 is 10.6 Å². The maximum atomic E-state index is 11.7. The third-order valence-corrected chi connectivity index (χ3v) is 4.07. The number of rotatable bonds is 5. The molecule has 0 bridgehead atoms. The Morgan fingerprint density at radius 1 is 1.14 bits per heavy atom. The summed E-state index contributed by atoms with van der Waals surface area (Å²) in [5, 5.41) is 6.14. The second-order valence-electron chi connectivity index (χ2n) is 4.87. The molecule has 0 saturated carbocycles. The van der Waals surface area contributed by atoms with E-state index in [0.29, 0.717) is 12.1 Å². The van der Waals surface area contributed by atoms with Gasteiger partial charge in [-0.15, -0.1) is 0 Å². The second-order valence-corrected chi connectivity index (χ2v) is 5.73. The topological polar surface area (TPSA) is 41.1 Å². The summed E-state index contributed by atoms with van der Waals surface area (Å²) in [6.07, 6.45) is 0. The minimum Gasteiger partial charge on any atom is -0.381 e. The Kier molecular flexibility index (Phi) is 5.39. The number of hydrogen-bond donors (Lipinski definition) is 2. The quantitative estimate of drug-likeness (QED) is 0.854. The van der Waals surface area contributed by atoms with Crippen LogP contribution in [0.5, 0.6) is 0 Å². The summed E-state index contributed by atoms with van der Waals surface area (Å²) in [6.45, 7) is 5.37. The van der Waals surface area contributed by atoms with Crippen molar-refractivity contribution in [3.63, 3.8) is 0 Å². The normalized spacial score (nSPS) is 10.2. The van der Waals surface area contributed by atoms with Gasteiger partial charge in [-0.05, 0) is 55.3 Å². The van der Waals surface area contributed by atoms with Crippen LogP contribution in [0.2, 0.25) is 0 Å². The Labute approximate surface area is 133 Å².